The van der Waals surface area contributed by atoms with Crippen LogP contribution in [0.25, 0.3) is 0 Å². The Morgan fingerprint density at radius 2 is 1.57 bits per heavy atom. The molecule has 0 aliphatic rings. The van der Waals surface area contributed by atoms with Gasteiger partial charge in [-0.25, -0.2) is 0 Å². The van der Waals surface area contributed by atoms with Gasteiger partial charge in [0.2, 0.25) is 0 Å². The van der Waals surface area contributed by atoms with Gasteiger partial charge in [-0.15, -0.1) is 0 Å². The minimum atomic E-state index is 0.399. The second-order valence-electron chi connectivity index (χ2n) is 5.29. The lowest BCUT2D eigenvalue weighted by Gasteiger charge is -2.15. The molecule has 0 aromatic carbocycles. The van der Waals surface area contributed by atoms with Crippen molar-refractivity contribution in [3.8, 4) is 0 Å². The van der Waals surface area contributed by atoms with Crippen molar-refractivity contribution >= 4 is 0 Å². The molecule has 0 saturated carbocycles. The molecule has 4 N–H and O–H groups in total. The molecule has 0 aliphatic carbocycles. The third kappa shape index (κ3) is 11.9. The van der Waals surface area contributed by atoms with E-state index in [9.17, 15) is 0 Å². The van der Waals surface area contributed by atoms with Gasteiger partial charge in [0.1, 0.15) is 13.1 Å². The highest BCUT2D eigenvalue weighted by Crippen LogP contribution is 1.95. The Bertz CT molecular complexity index is 116. The highest BCUT2D eigenvalue weighted by molar-refractivity contribution is 4.51. The van der Waals surface area contributed by atoms with E-state index in [-0.39, 0.29) is 0 Å². The molecule has 0 bridgehead atoms. The highest BCUT2D eigenvalue weighted by atomic mass is 15.0. The summed E-state index contributed by atoms with van der Waals surface area (Å²) in [7, 11) is 0. The third-order valence-corrected chi connectivity index (χ3v) is 2.39. The maximum atomic E-state index is 2.46. The summed E-state index contributed by atoms with van der Waals surface area (Å²) in [5, 5.41) is 4.88. The van der Waals surface area contributed by atoms with Crippen LogP contribution in [-0.4, -0.2) is 25.2 Å². The summed E-state index contributed by atoms with van der Waals surface area (Å²) in [5.41, 5.74) is 0.399. The van der Waals surface area contributed by atoms with Gasteiger partial charge >= 0.3 is 0 Å². The fourth-order valence-electron chi connectivity index (χ4n) is 1.49. The van der Waals surface area contributed by atoms with Crippen LogP contribution < -0.4 is 10.6 Å². The molecular formula is C12H30N2+2. The Morgan fingerprint density at radius 1 is 0.857 bits per heavy atom. The summed E-state index contributed by atoms with van der Waals surface area (Å²) in [6.07, 6.45) is 5.55. The number of quaternary nitrogens is 2. The first kappa shape index (κ1) is 13.9. The molecule has 0 saturated heterocycles. The van der Waals surface area contributed by atoms with Gasteiger partial charge in [-0.3, -0.25) is 0 Å². The van der Waals surface area contributed by atoms with E-state index in [2.05, 4.69) is 38.3 Å². The lowest BCUT2D eigenvalue weighted by Crippen LogP contribution is -3.00. The average molecular weight is 202 g/mol. The molecule has 0 atom stereocenters. The van der Waals surface area contributed by atoms with E-state index in [1.54, 1.807) is 0 Å². The van der Waals surface area contributed by atoms with E-state index in [1.165, 1.54) is 45.3 Å². The van der Waals surface area contributed by atoms with E-state index >= 15 is 0 Å². The Morgan fingerprint density at radius 3 is 2.14 bits per heavy atom. The molecule has 0 amide bonds. The number of nitrogens with two attached hydrogens (primary N) is 2. The molecule has 2 nitrogen and oxygen atoms in total. The van der Waals surface area contributed by atoms with Gasteiger partial charge in [0, 0.05) is 0 Å². The second kappa shape index (κ2) is 8.25. The molecule has 0 radical (unpaired) electrons. The van der Waals surface area contributed by atoms with Crippen molar-refractivity contribution < 1.29 is 10.6 Å². The largest absolute Gasteiger partial charge is 0.342 e. The molecule has 0 fully saturated rings. The van der Waals surface area contributed by atoms with Crippen LogP contribution in [0.3, 0.4) is 0 Å². The second-order valence-corrected chi connectivity index (χ2v) is 5.29. The predicted octanol–water partition coefficient (Wildman–Crippen LogP) is 0.492. The molecule has 0 unspecified atom stereocenters. The molecule has 2 heteroatoms. The molecule has 0 heterocycles. The van der Waals surface area contributed by atoms with E-state index < -0.39 is 0 Å². The van der Waals surface area contributed by atoms with Gasteiger partial charge in [-0.1, -0.05) is 19.8 Å². The number of hydrogen-bond donors (Lipinski definition) is 2. The summed E-state index contributed by atoms with van der Waals surface area (Å²) in [6.45, 7) is 12.9. The van der Waals surface area contributed by atoms with Crippen molar-refractivity contribution in [2.75, 3.05) is 19.6 Å². The van der Waals surface area contributed by atoms with Gasteiger partial charge in [-0.05, 0) is 33.6 Å². The van der Waals surface area contributed by atoms with Crippen molar-refractivity contribution in [2.45, 2.75) is 58.9 Å². The van der Waals surface area contributed by atoms with Crippen molar-refractivity contribution in [3.05, 3.63) is 0 Å². The predicted molar refractivity (Wildman–Crippen MR) is 62.3 cm³/mol. The first-order valence-corrected chi connectivity index (χ1v) is 6.22. The van der Waals surface area contributed by atoms with E-state index in [0.717, 1.165) is 0 Å². The van der Waals surface area contributed by atoms with Crippen LogP contribution in [0.15, 0.2) is 0 Å². The molecule has 0 aromatic rings. The van der Waals surface area contributed by atoms with Crippen molar-refractivity contribution in [1.29, 1.82) is 0 Å². The van der Waals surface area contributed by atoms with Crippen molar-refractivity contribution in [1.82, 2.24) is 0 Å². The Hall–Kier alpha value is -0.0800. The van der Waals surface area contributed by atoms with Crippen LogP contribution in [0.4, 0.5) is 0 Å². The topological polar surface area (TPSA) is 33.2 Å². The Labute approximate surface area is 89.9 Å². The van der Waals surface area contributed by atoms with Crippen LogP contribution in [0.2, 0.25) is 0 Å². The summed E-state index contributed by atoms with van der Waals surface area (Å²) in [5.74, 6) is 0. The number of unbranched alkanes of at least 4 members (excludes halogenated alkanes) is 3. The molecule has 0 aromatic heterocycles. The number of rotatable bonds is 8. The Balaban J connectivity index is 2.99. The quantitative estimate of drug-likeness (QED) is 0.537. The lowest BCUT2D eigenvalue weighted by molar-refractivity contribution is -0.758. The first-order valence-electron chi connectivity index (χ1n) is 6.22. The Kier molecular flexibility index (Phi) is 8.20. The van der Waals surface area contributed by atoms with E-state index in [0.29, 0.717) is 5.54 Å². The zero-order chi connectivity index (χ0) is 10.9. The lowest BCUT2D eigenvalue weighted by atomic mass is 10.1. The van der Waals surface area contributed by atoms with Crippen LogP contribution in [0.1, 0.15) is 53.4 Å². The molecule has 86 valence electrons. The van der Waals surface area contributed by atoms with Crippen LogP contribution >= 0.6 is 0 Å². The summed E-state index contributed by atoms with van der Waals surface area (Å²) in [4.78, 5) is 0. The van der Waals surface area contributed by atoms with E-state index in [4.69, 9.17) is 0 Å². The van der Waals surface area contributed by atoms with Gasteiger partial charge in [-0.2, -0.15) is 0 Å². The van der Waals surface area contributed by atoms with E-state index in [1.807, 2.05) is 0 Å². The van der Waals surface area contributed by atoms with Gasteiger partial charge in [0.25, 0.3) is 0 Å². The molecule has 0 spiro atoms. The standard InChI is InChI=1S/C12H28N2/c1-5-6-7-8-9-13-10-11-14-12(2,3)4/h13-14H,5-11H2,1-4H3/p+2. The molecule has 0 rings (SSSR count). The summed E-state index contributed by atoms with van der Waals surface area (Å²) >= 11 is 0. The fraction of sp³-hybridized carbons (Fsp3) is 1.00. The summed E-state index contributed by atoms with van der Waals surface area (Å²) in [6, 6.07) is 0. The van der Waals surface area contributed by atoms with Crippen molar-refractivity contribution in [3.63, 3.8) is 0 Å². The zero-order valence-corrected chi connectivity index (χ0v) is 10.6. The third-order valence-electron chi connectivity index (χ3n) is 2.39. The normalized spacial score (nSPS) is 12.0. The zero-order valence-electron chi connectivity index (χ0n) is 10.6. The molecule has 14 heavy (non-hydrogen) atoms. The number of hydrogen-bond acceptors (Lipinski definition) is 0. The average Bonchev–Trinajstić information content (AvgIpc) is 2.08. The minimum absolute atomic E-state index is 0.399. The SMILES string of the molecule is CCCCCC[NH2+]CC[NH2+]C(C)(C)C. The fourth-order valence-corrected chi connectivity index (χ4v) is 1.49. The maximum absolute atomic E-state index is 2.46. The van der Waals surface area contributed by atoms with Crippen LogP contribution in [-0.2, 0) is 0 Å². The highest BCUT2D eigenvalue weighted by Gasteiger charge is 2.11. The van der Waals surface area contributed by atoms with Crippen molar-refractivity contribution in [2.24, 2.45) is 0 Å². The minimum Gasteiger partial charge on any atom is -0.342 e. The monoisotopic (exact) mass is 202 g/mol. The first-order chi connectivity index (χ1) is 6.56. The van der Waals surface area contributed by atoms with Gasteiger partial charge in [0.15, 0.2) is 0 Å². The molecular weight excluding hydrogens is 172 g/mol. The van der Waals surface area contributed by atoms with Crippen LogP contribution in [0.5, 0.6) is 0 Å². The van der Waals surface area contributed by atoms with Gasteiger partial charge in [0.05, 0.1) is 12.1 Å². The smallest absolute Gasteiger partial charge is 0.126 e. The maximum Gasteiger partial charge on any atom is 0.126 e. The van der Waals surface area contributed by atoms with Crippen LogP contribution in [0, 0.1) is 0 Å². The van der Waals surface area contributed by atoms with Gasteiger partial charge < -0.3 is 10.6 Å². The molecule has 0 aliphatic heterocycles. The summed E-state index contributed by atoms with van der Waals surface area (Å²) < 4.78 is 0.